The van der Waals surface area contributed by atoms with Crippen LogP contribution >= 0.6 is 0 Å². The molecule has 1 heterocycles. The van der Waals surface area contributed by atoms with E-state index in [9.17, 15) is 19.2 Å². The number of hydrogen-bond donors (Lipinski definition) is 6. The Labute approximate surface area is 142 Å². The fourth-order valence-corrected chi connectivity index (χ4v) is 1.85. The summed E-state index contributed by atoms with van der Waals surface area (Å²) in [5.41, 5.74) is 0. The maximum atomic E-state index is 11.8. The van der Waals surface area contributed by atoms with Gasteiger partial charge in [0, 0.05) is 6.54 Å². The van der Waals surface area contributed by atoms with Gasteiger partial charge in [0.05, 0.1) is 0 Å². The lowest BCUT2D eigenvalue weighted by Crippen LogP contribution is -2.54. The minimum absolute atomic E-state index is 0.0119. The maximum absolute atomic E-state index is 11.8. The van der Waals surface area contributed by atoms with Crippen LogP contribution < -0.4 is 16.0 Å². The molecule has 2 atom stereocenters. The maximum Gasteiger partial charge on any atom is 0.328 e. The normalized spacial score (nSPS) is 12.9. The number of carbonyl (C=O) groups is 4. The quantitative estimate of drug-likeness (QED) is 0.318. The third-order valence-corrected chi connectivity index (χ3v) is 3.01. The number of amides is 3. The third-order valence-electron chi connectivity index (χ3n) is 3.01. The van der Waals surface area contributed by atoms with Gasteiger partial charge in [-0.2, -0.15) is 0 Å². The zero-order chi connectivity index (χ0) is 19.0. The van der Waals surface area contributed by atoms with E-state index in [2.05, 4.69) is 31.1 Å². The average molecular weight is 356 g/mol. The molecule has 1 aromatic heterocycles. The smallest absolute Gasteiger partial charge is 0.328 e. The summed E-state index contributed by atoms with van der Waals surface area (Å²) in [7, 11) is 0. The monoisotopic (exact) mass is 356 g/mol. The van der Waals surface area contributed by atoms with Gasteiger partial charge in [-0.05, 0) is 12.3 Å². The van der Waals surface area contributed by atoms with E-state index in [0.717, 1.165) is 0 Å². The first-order chi connectivity index (χ1) is 11.7. The summed E-state index contributed by atoms with van der Waals surface area (Å²) in [6.45, 7) is 3.15. The summed E-state index contributed by atoms with van der Waals surface area (Å²) >= 11 is 0. The molecule has 0 bridgehead atoms. The van der Waals surface area contributed by atoms with Crippen LogP contribution in [0.3, 0.4) is 0 Å². The van der Waals surface area contributed by atoms with E-state index in [1.807, 2.05) is 0 Å². The first-order valence-corrected chi connectivity index (χ1v) is 7.37. The van der Waals surface area contributed by atoms with Gasteiger partial charge in [-0.15, -0.1) is 10.2 Å². The Balaban J connectivity index is 2.58. The van der Waals surface area contributed by atoms with Crippen LogP contribution in [0.2, 0.25) is 0 Å². The van der Waals surface area contributed by atoms with Crippen LogP contribution in [0.15, 0.2) is 6.33 Å². The number of H-pyrrole nitrogens is 1. The highest BCUT2D eigenvalue weighted by atomic mass is 16.4. The number of hydrogen-bond acceptors (Lipinski definition) is 6. The predicted octanol–water partition coefficient (Wildman–Crippen LogP) is -1.21. The minimum atomic E-state index is -1.46. The van der Waals surface area contributed by atoms with Crippen molar-refractivity contribution in [3.8, 4) is 0 Å². The number of nitrogens with zero attached hydrogens (tertiary/aromatic N) is 2. The van der Waals surface area contributed by atoms with Crippen LogP contribution in [0, 0.1) is 5.92 Å². The molecule has 0 radical (unpaired) electrons. The molecule has 0 aliphatic rings. The first-order valence-electron chi connectivity index (χ1n) is 7.37. The molecule has 1 aromatic rings. The number of nitrogens with one attached hydrogen (secondary N) is 4. The molecule has 138 valence electrons. The van der Waals surface area contributed by atoms with E-state index in [-0.39, 0.29) is 18.2 Å². The SMILES string of the molecule is CC(C)CC(NC(=O)NC(CNC(=O)c1nnc[nH]1)C(=O)O)C(=O)O. The van der Waals surface area contributed by atoms with Crippen LogP contribution in [-0.4, -0.2) is 67.9 Å². The van der Waals surface area contributed by atoms with Gasteiger partial charge >= 0.3 is 18.0 Å². The van der Waals surface area contributed by atoms with Gasteiger partial charge in [-0.3, -0.25) is 4.79 Å². The topological polar surface area (TPSA) is 186 Å². The van der Waals surface area contributed by atoms with E-state index < -0.39 is 42.5 Å². The summed E-state index contributed by atoms with van der Waals surface area (Å²) in [6, 6.07) is -3.58. The molecule has 3 amide bonds. The van der Waals surface area contributed by atoms with Gasteiger partial charge in [-0.1, -0.05) is 13.8 Å². The zero-order valence-electron chi connectivity index (χ0n) is 13.6. The van der Waals surface area contributed by atoms with E-state index in [0.29, 0.717) is 0 Å². The number of aromatic amines is 1. The molecule has 6 N–H and O–H groups in total. The molecular formula is C13H20N6O6. The van der Waals surface area contributed by atoms with Crippen molar-refractivity contribution in [2.75, 3.05) is 6.54 Å². The van der Waals surface area contributed by atoms with Gasteiger partial charge in [0.15, 0.2) is 0 Å². The number of urea groups is 1. The molecule has 0 saturated carbocycles. The van der Waals surface area contributed by atoms with Crippen LogP contribution in [0.4, 0.5) is 4.79 Å². The van der Waals surface area contributed by atoms with E-state index >= 15 is 0 Å². The van der Waals surface area contributed by atoms with Crippen LogP contribution in [0.1, 0.15) is 30.9 Å². The standard InChI is InChI=1S/C13H20N6O6/c1-6(2)3-7(11(21)22)17-13(25)18-8(12(23)24)4-14-10(20)9-15-5-16-19-9/h5-8H,3-4H2,1-2H3,(H,14,20)(H,21,22)(H,23,24)(H,15,16,19)(H2,17,18,25). The van der Waals surface area contributed by atoms with Crippen molar-refractivity contribution in [3.05, 3.63) is 12.2 Å². The molecule has 1 rings (SSSR count). The summed E-state index contributed by atoms with van der Waals surface area (Å²) in [4.78, 5) is 48.2. The Morgan fingerprint density at radius 3 is 2.20 bits per heavy atom. The number of rotatable bonds is 9. The van der Waals surface area contributed by atoms with Gasteiger partial charge in [0.2, 0.25) is 5.82 Å². The molecule has 0 fully saturated rings. The Bertz CT molecular complexity index is 617. The second-order valence-corrected chi connectivity index (χ2v) is 5.58. The molecule has 12 nitrogen and oxygen atoms in total. The van der Waals surface area contributed by atoms with Crippen molar-refractivity contribution < 1.29 is 29.4 Å². The molecule has 0 aliphatic heterocycles. The summed E-state index contributed by atoms with van der Waals surface area (Å²) in [6.07, 6.45) is 1.36. The van der Waals surface area contributed by atoms with Gasteiger partial charge in [-0.25, -0.2) is 14.4 Å². The van der Waals surface area contributed by atoms with Gasteiger partial charge < -0.3 is 31.1 Å². The lowest BCUT2D eigenvalue weighted by molar-refractivity contribution is -0.139. The van der Waals surface area contributed by atoms with E-state index in [1.54, 1.807) is 13.8 Å². The Kier molecular flexibility index (Phi) is 7.31. The molecule has 25 heavy (non-hydrogen) atoms. The molecular weight excluding hydrogens is 336 g/mol. The number of carbonyl (C=O) groups excluding carboxylic acids is 2. The minimum Gasteiger partial charge on any atom is -0.480 e. The Morgan fingerprint density at radius 1 is 1.12 bits per heavy atom. The number of aromatic nitrogens is 3. The van der Waals surface area contributed by atoms with Crippen molar-refractivity contribution in [1.29, 1.82) is 0 Å². The lowest BCUT2D eigenvalue weighted by Gasteiger charge is -2.19. The number of carboxylic acid groups (broad SMARTS) is 2. The average Bonchev–Trinajstić information content (AvgIpc) is 3.04. The third kappa shape index (κ3) is 6.85. The molecule has 0 aromatic carbocycles. The predicted molar refractivity (Wildman–Crippen MR) is 82.7 cm³/mol. The van der Waals surface area contributed by atoms with Gasteiger partial charge in [0.1, 0.15) is 18.4 Å². The van der Waals surface area contributed by atoms with Crippen molar-refractivity contribution in [2.45, 2.75) is 32.4 Å². The first kappa shape index (κ1) is 19.9. The summed E-state index contributed by atoms with van der Waals surface area (Å²) in [5, 5.41) is 31.6. The largest absolute Gasteiger partial charge is 0.480 e. The lowest BCUT2D eigenvalue weighted by atomic mass is 10.0. The molecule has 0 spiro atoms. The van der Waals surface area contributed by atoms with Crippen molar-refractivity contribution in [3.63, 3.8) is 0 Å². The fraction of sp³-hybridized carbons (Fsp3) is 0.538. The van der Waals surface area contributed by atoms with Crippen LogP contribution in [0.5, 0.6) is 0 Å². The van der Waals surface area contributed by atoms with Gasteiger partial charge in [0.25, 0.3) is 5.91 Å². The highest BCUT2D eigenvalue weighted by Gasteiger charge is 2.25. The van der Waals surface area contributed by atoms with E-state index in [4.69, 9.17) is 10.2 Å². The van der Waals surface area contributed by atoms with Crippen molar-refractivity contribution in [2.24, 2.45) is 5.92 Å². The highest BCUT2D eigenvalue weighted by molar-refractivity contribution is 5.91. The van der Waals surface area contributed by atoms with Crippen LogP contribution in [0.25, 0.3) is 0 Å². The second kappa shape index (κ2) is 9.20. The van der Waals surface area contributed by atoms with Crippen molar-refractivity contribution >= 4 is 23.9 Å². The second-order valence-electron chi connectivity index (χ2n) is 5.58. The molecule has 0 aliphatic carbocycles. The highest BCUT2D eigenvalue weighted by Crippen LogP contribution is 2.04. The summed E-state index contributed by atoms with van der Waals surface area (Å²) in [5.74, 6) is -3.43. The Morgan fingerprint density at radius 2 is 1.72 bits per heavy atom. The van der Waals surface area contributed by atoms with Crippen LogP contribution in [-0.2, 0) is 9.59 Å². The summed E-state index contributed by atoms with van der Waals surface area (Å²) < 4.78 is 0. The number of carboxylic acids is 2. The molecule has 12 heteroatoms. The van der Waals surface area contributed by atoms with Crippen molar-refractivity contribution in [1.82, 2.24) is 31.1 Å². The van der Waals surface area contributed by atoms with E-state index in [1.165, 1.54) is 6.33 Å². The molecule has 2 unspecified atom stereocenters. The zero-order valence-corrected chi connectivity index (χ0v) is 13.6. The number of aliphatic carboxylic acids is 2. The fourth-order valence-electron chi connectivity index (χ4n) is 1.85. The Hall–Kier alpha value is -3.18. The molecule has 0 saturated heterocycles.